The van der Waals surface area contributed by atoms with Crippen molar-refractivity contribution in [2.75, 3.05) is 30.5 Å². The molecule has 0 radical (unpaired) electrons. The molecule has 7 nitrogen and oxygen atoms in total. The van der Waals surface area contributed by atoms with Gasteiger partial charge in [-0.15, -0.1) is 0 Å². The van der Waals surface area contributed by atoms with Gasteiger partial charge in [-0.2, -0.15) is 0 Å². The molecule has 0 saturated carbocycles. The molecular formula is C15H18N2O5. The van der Waals surface area contributed by atoms with E-state index in [1.165, 1.54) is 14.0 Å². The van der Waals surface area contributed by atoms with Crippen molar-refractivity contribution in [3.8, 4) is 5.75 Å². The van der Waals surface area contributed by atoms with E-state index in [0.717, 1.165) is 0 Å². The number of benzene rings is 1. The van der Waals surface area contributed by atoms with Gasteiger partial charge in [-0.3, -0.25) is 14.4 Å². The third-order valence-electron chi connectivity index (χ3n) is 3.27. The molecule has 1 aromatic carbocycles. The molecule has 0 unspecified atom stereocenters. The van der Waals surface area contributed by atoms with Crippen LogP contribution in [0.1, 0.15) is 19.8 Å². The van der Waals surface area contributed by atoms with E-state index in [1.54, 1.807) is 23.1 Å². The zero-order valence-electron chi connectivity index (χ0n) is 12.5. The first-order chi connectivity index (χ1) is 10.5. The number of ether oxygens (including phenoxy) is 2. The maximum absolute atomic E-state index is 11.8. The number of rotatable bonds is 4. The highest BCUT2D eigenvalue weighted by atomic mass is 16.5. The Balaban J connectivity index is 2.07. The fourth-order valence-corrected chi connectivity index (χ4v) is 2.16. The van der Waals surface area contributed by atoms with Gasteiger partial charge in [-0.25, -0.2) is 0 Å². The molecule has 1 aliphatic rings. The van der Waals surface area contributed by atoms with E-state index < -0.39 is 5.97 Å². The minimum Gasteiger partial charge on any atom is -0.490 e. The molecule has 0 fully saturated rings. The topological polar surface area (TPSA) is 84.9 Å². The summed E-state index contributed by atoms with van der Waals surface area (Å²) in [6.07, 6.45) is 0.0621. The van der Waals surface area contributed by atoms with Crippen molar-refractivity contribution in [3.05, 3.63) is 18.2 Å². The van der Waals surface area contributed by atoms with Crippen molar-refractivity contribution < 1.29 is 23.9 Å². The van der Waals surface area contributed by atoms with E-state index >= 15 is 0 Å². The first kappa shape index (κ1) is 15.8. The normalized spacial score (nSPS) is 12.9. The molecule has 1 aromatic rings. The molecule has 22 heavy (non-hydrogen) atoms. The molecule has 0 atom stereocenters. The average Bonchev–Trinajstić information content (AvgIpc) is 2.51. The van der Waals surface area contributed by atoms with E-state index in [9.17, 15) is 14.4 Å². The van der Waals surface area contributed by atoms with Crippen molar-refractivity contribution in [2.45, 2.75) is 19.8 Å². The minimum atomic E-state index is -0.434. The van der Waals surface area contributed by atoms with Crippen LogP contribution in [0, 0.1) is 0 Å². The van der Waals surface area contributed by atoms with E-state index in [4.69, 9.17) is 4.74 Å². The Morgan fingerprint density at radius 2 is 2.09 bits per heavy atom. The fraction of sp³-hybridized carbons (Fsp3) is 0.400. The van der Waals surface area contributed by atoms with E-state index in [0.29, 0.717) is 30.3 Å². The summed E-state index contributed by atoms with van der Waals surface area (Å²) in [6, 6.07) is 5.09. The van der Waals surface area contributed by atoms with Gasteiger partial charge in [-0.05, 0) is 18.2 Å². The zero-order chi connectivity index (χ0) is 16.1. The summed E-state index contributed by atoms with van der Waals surface area (Å²) in [5, 5.41) is 2.69. The molecule has 0 aromatic heterocycles. The predicted octanol–water partition coefficient (Wildman–Crippen LogP) is 1.32. The lowest BCUT2D eigenvalue weighted by Gasteiger charge is -2.29. The Bertz CT molecular complexity index is 600. The zero-order valence-corrected chi connectivity index (χ0v) is 12.5. The van der Waals surface area contributed by atoms with Crippen molar-refractivity contribution in [1.82, 2.24) is 0 Å². The Morgan fingerprint density at radius 1 is 1.32 bits per heavy atom. The molecule has 0 spiro atoms. The molecular weight excluding hydrogens is 288 g/mol. The second-order valence-corrected chi connectivity index (χ2v) is 4.83. The van der Waals surface area contributed by atoms with Gasteiger partial charge >= 0.3 is 5.97 Å². The van der Waals surface area contributed by atoms with Gasteiger partial charge < -0.3 is 19.7 Å². The van der Waals surface area contributed by atoms with Crippen LogP contribution in [0.3, 0.4) is 0 Å². The molecule has 0 aliphatic carbocycles. The summed E-state index contributed by atoms with van der Waals surface area (Å²) in [5.41, 5.74) is 1.18. The molecule has 2 amide bonds. The van der Waals surface area contributed by atoms with E-state index in [-0.39, 0.29) is 24.7 Å². The van der Waals surface area contributed by atoms with Crippen LogP contribution >= 0.6 is 0 Å². The monoisotopic (exact) mass is 306 g/mol. The lowest BCUT2D eigenvalue weighted by molar-refractivity contribution is -0.141. The quantitative estimate of drug-likeness (QED) is 0.848. The number of nitrogens with zero attached hydrogens (tertiary/aromatic N) is 1. The summed E-state index contributed by atoms with van der Waals surface area (Å²) in [6.45, 7) is 2.40. The van der Waals surface area contributed by atoms with Gasteiger partial charge in [0.25, 0.3) is 0 Å². The Labute approximate surface area is 128 Å². The molecule has 0 bridgehead atoms. The van der Waals surface area contributed by atoms with Crippen molar-refractivity contribution >= 4 is 29.2 Å². The van der Waals surface area contributed by atoms with Crippen LogP contribution in [-0.2, 0) is 19.1 Å². The van der Waals surface area contributed by atoms with Crippen LogP contribution in [0.25, 0.3) is 0 Å². The summed E-state index contributed by atoms with van der Waals surface area (Å²) in [4.78, 5) is 36.0. The summed E-state index contributed by atoms with van der Waals surface area (Å²) >= 11 is 0. The molecule has 1 aliphatic heterocycles. The van der Waals surface area contributed by atoms with Gasteiger partial charge in [-0.1, -0.05) is 0 Å². The van der Waals surface area contributed by atoms with Crippen molar-refractivity contribution in [3.63, 3.8) is 0 Å². The van der Waals surface area contributed by atoms with Crippen LogP contribution in [0.2, 0.25) is 0 Å². The highest BCUT2D eigenvalue weighted by Gasteiger charge is 2.21. The maximum Gasteiger partial charge on any atom is 0.306 e. The van der Waals surface area contributed by atoms with Crippen LogP contribution in [0.15, 0.2) is 18.2 Å². The second-order valence-electron chi connectivity index (χ2n) is 4.83. The number of amides is 2. The molecule has 7 heteroatoms. The van der Waals surface area contributed by atoms with Gasteiger partial charge in [0.15, 0.2) is 0 Å². The van der Waals surface area contributed by atoms with Crippen LogP contribution in [-0.4, -0.2) is 38.0 Å². The highest BCUT2D eigenvalue weighted by molar-refractivity contribution is 5.97. The summed E-state index contributed by atoms with van der Waals surface area (Å²) < 4.78 is 9.98. The number of esters is 1. The molecule has 0 saturated heterocycles. The van der Waals surface area contributed by atoms with Crippen molar-refractivity contribution in [2.24, 2.45) is 0 Å². The Kier molecular flexibility index (Phi) is 4.98. The largest absolute Gasteiger partial charge is 0.490 e. The molecule has 1 N–H and O–H groups in total. The number of hydrogen-bond donors (Lipinski definition) is 1. The third kappa shape index (κ3) is 3.75. The summed E-state index contributed by atoms with van der Waals surface area (Å²) in [7, 11) is 1.28. The maximum atomic E-state index is 11.8. The van der Waals surface area contributed by atoms with Gasteiger partial charge in [0.2, 0.25) is 11.8 Å². The van der Waals surface area contributed by atoms with Gasteiger partial charge in [0, 0.05) is 19.0 Å². The number of methoxy groups -OCH3 is 1. The highest BCUT2D eigenvalue weighted by Crippen LogP contribution is 2.34. The number of carbonyl (C=O) groups is 3. The molecule has 2 rings (SSSR count). The van der Waals surface area contributed by atoms with Gasteiger partial charge in [0.05, 0.1) is 25.8 Å². The number of nitrogens with one attached hydrogen (secondary N) is 1. The number of anilines is 2. The summed E-state index contributed by atoms with van der Waals surface area (Å²) in [5.74, 6) is -0.207. The van der Waals surface area contributed by atoms with E-state index in [2.05, 4.69) is 10.1 Å². The lowest BCUT2D eigenvalue weighted by atomic mass is 10.2. The minimum absolute atomic E-state index is 0.0238. The third-order valence-corrected chi connectivity index (χ3v) is 3.27. The smallest absolute Gasteiger partial charge is 0.306 e. The standard InChI is InChI=1S/C15H18N2O5/c1-10(18)17-7-8-22-13-4-3-11(9-12(13)17)16-14(19)5-6-15(20)21-2/h3-4,9H,5-8H2,1-2H3,(H,16,19). The predicted molar refractivity (Wildman–Crippen MR) is 79.8 cm³/mol. The fourth-order valence-electron chi connectivity index (χ4n) is 2.16. The first-order valence-electron chi connectivity index (χ1n) is 6.93. The average molecular weight is 306 g/mol. The SMILES string of the molecule is COC(=O)CCC(=O)Nc1ccc2c(c1)N(C(C)=O)CCO2. The van der Waals surface area contributed by atoms with Crippen molar-refractivity contribution in [1.29, 1.82) is 0 Å². The number of hydrogen-bond acceptors (Lipinski definition) is 5. The lowest BCUT2D eigenvalue weighted by Crippen LogP contribution is -2.36. The Hall–Kier alpha value is -2.57. The number of fused-ring (bicyclic) bond motifs is 1. The second kappa shape index (κ2) is 6.93. The van der Waals surface area contributed by atoms with Crippen LogP contribution < -0.4 is 15.0 Å². The van der Waals surface area contributed by atoms with Crippen LogP contribution in [0.5, 0.6) is 5.75 Å². The Morgan fingerprint density at radius 3 is 2.77 bits per heavy atom. The molecule has 1 heterocycles. The van der Waals surface area contributed by atoms with Gasteiger partial charge in [0.1, 0.15) is 12.4 Å². The molecule has 118 valence electrons. The number of carbonyl (C=O) groups excluding carboxylic acids is 3. The van der Waals surface area contributed by atoms with Crippen LogP contribution in [0.4, 0.5) is 11.4 Å². The first-order valence-corrected chi connectivity index (χ1v) is 6.93. The van der Waals surface area contributed by atoms with E-state index in [1.807, 2.05) is 0 Å².